The predicted octanol–water partition coefficient (Wildman–Crippen LogP) is 2.55. The highest BCUT2D eigenvalue weighted by Crippen LogP contribution is 2.18. The minimum absolute atomic E-state index is 0.0652. The van der Waals surface area contributed by atoms with Crippen molar-refractivity contribution in [1.29, 1.82) is 5.26 Å². The van der Waals surface area contributed by atoms with Gasteiger partial charge in [0.2, 0.25) is 0 Å². The molecule has 112 valence electrons. The van der Waals surface area contributed by atoms with Gasteiger partial charge in [-0.1, -0.05) is 13.3 Å². The van der Waals surface area contributed by atoms with Gasteiger partial charge in [0.05, 0.1) is 11.6 Å². The van der Waals surface area contributed by atoms with Crippen LogP contribution >= 0.6 is 0 Å². The molecule has 4 nitrogen and oxygen atoms in total. The van der Waals surface area contributed by atoms with E-state index in [0.29, 0.717) is 23.7 Å². The predicted molar refractivity (Wildman–Crippen MR) is 83.0 cm³/mol. The minimum Gasteiger partial charge on any atom is -0.351 e. The highest BCUT2D eigenvalue weighted by atomic mass is 16.1. The second-order valence-corrected chi connectivity index (χ2v) is 5.54. The third-order valence-electron chi connectivity index (χ3n) is 4.18. The first kappa shape index (κ1) is 15.5. The quantitative estimate of drug-likeness (QED) is 0.904. The van der Waals surface area contributed by atoms with Crippen molar-refractivity contribution in [2.24, 2.45) is 0 Å². The molecule has 0 spiro atoms. The number of carbonyl (C=O) groups excluding carboxylic acids is 1. The van der Waals surface area contributed by atoms with Crippen LogP contribution < -0.4 is 5.32 Å². The van der Waals surface area contributed by atoms with Crippen LogP contribution in [0.4, 0.5) is 0 Å². The number of benzene rings is 1. The molecular formula is C17H23N3O. The summed E-state index contributed by atoms with van der Waals surface area (Å²) in [5.41, 5.74) is 1.19. The third kappa shape index (κ3) is 4.30. The molecule has 1 atom stereocenters. The van der Waals surface area contributed by atoms with E-state index in [0.717, 1.165) is 13.1 Å². The van der Waals surface area contributed by atoms with E-state index in [1.165, 1.54) is 25.7 Å². The van der Waals surface area contributed by atoms with Gasteiger partial charge in [0, 0.05) is 24.7 Å². The summed E-state index contributed by atoms with van der Waals surface area (Å²) in [7, 11) is 0. The van der Waals surface area contributed by atoms with E-state index in [-0.39, 0.29) is 5.91 Å². The molecule has 0 aromatic heterocycles. The van der Waals surface area contributed by atoms with E-state index in [4.69, 9.17) is 5.26 Å². The zero-order valence-corrected chi connectivity index (χ0v) is 12.6. The standard InChI is InChI=1S/C17H23N3O/c1-2-16-5-3-4-11-20(16)12-10-19-17(21)15-8-6-14(13-18)7-9-15/h6-9,16H,2-5,10-12H2,1H3,(H,19,21). The number of hydrogen-bond donors (Lipinski definition) is 1. The van der Waals surface area contributed by atoms with Gasteiger partial charge in [0.1, 0.15) is 0 Å². The molecule has 1 aliphatic rings. The fraction of sp³-hybridized carbons (Fsp3) is 0.529. The highest BCUT2D eigenvalue weighted by molar-refractivity contribution is 5.94. The topological polar surface area (TPSA) is 56.1 Å². The number of nitrogens with zero attached hydrogens (tertiary/aromatic N) is 2. The molecule has 1 N–H and O–H groups in total. The third-order valence-corrected chi connectivity index (χ3v) is 4.18. The van der Waals surface area contributed by atoms with E-state index in [1.54, 1.807) is 24.3 Å². The van der Waals surface area contributed by atoms with Crippen molar-refractivity contribution >= 4 is 5.91 Å². The van der Waals surface area contributed by atoms with Crippen LogP contribution in [0, 0.1) is 11.3 Å². The van der Waals surface area contributed by atoms with Crippen LogP contribution in [0.5, 0.6) is 0 Å². The summed E-state index contributed by atoms with van der Waals surface area (Å²) >= 11 is 0. The zero-order chi connectivity index (χ0) is 15.1. The number of nitriles is 1. The summed E-state index contributed by atoms with van der Waals surface area (Å²) in [5, 5.41) is 11.7. The Morgan fingerprint density at radius 3 is 2.81 bits per heavy atom. The minimum atomic E-state index is -0.0652. The van der Waals surface area contributed by atoms with E-state index in [2.05, 4.69) is 23.2 Å². The van der Waals surface area contributed by atoms with Gasteiger partial charge in [-0.25, -0.2) is 0 Å². The fourth-order valence-electron chi connectivity index (χ4n) is 2.93. The second-order valence-electron chi connectivity index (χ2n) is 5.54. The largest absolute Gasteiger partial charge is 0.351 e. The van der Waals surface area contributed by atoms with Crippen molar-refractivity contribution in [2.45, 2.75) is 38.6 Å². The molecule has 0 saturated carbocycles. The van der Waals surface area contributed by atoms with Crippen molar-refractivity contribution in [1.82, 2.24) is 10.2 Å². The van der Waals surface area contributed by atoms with Gasteiger partial charge < -0.3 is 5.32 Å². The molecule has 0 aliphatic carbocycles. The molecule has 0 bridgehead atoms. The molecular weight excluding hydrogens is 262 g/mol. The normalized spacial score (nSPS) is 19.0. The maximum absolute atomic E-state index is 12.0. The van der Waals surface area contributed by atoms with Crippen LogP contribution in [0.15, 0.2) is 24.3 Å². The van der Waals surface area contributed by atoms with Crippen LogP contribution in [0.1, 0.15) is 48.5 Å². The Morgan fingerprint density at radius 1 is 1.38 bits per heavy atom. The first-order valence-electron chi connectivity index (χ1n) is 7.77. The lowest BCUT2D eigenvalue weighted by molar-refractivity contribution is 0.0934. The molecule has 1 aliphatic heterocycles. The van der Waals surface area contributed by atoms with Crippen molar-refractivity contribution in [3.8, 4) is 6.07 Å². The Morgan fingerprint density at radius 2 is 2.14 bits per heavy atom. The first-order chi connectivity index (χ1) is 10.2. The Labute approximate surface area is 126 Å². The fourth-order valence-corrected chi connectivity index (χ4v) is 2.93. The first-order valence-corrected chi connectivity index (χ1v) is 7.77. The summed E-state index contributed by atoms with van der Waals surface area (Å²) in [6, 6.07) is 9.47. The van der Waals surface area contributed by atoms with Crippen LogP contribution in [0.2, 0.25) is 0 Å². The summed E-state index contributed by atoms with van der Waals surface area (Å²) in [5.74, 6) is -0.0652. The van der Waals surface area contributed by atoms with Crippen LogP contribution in [0.25, 0.3) is 0 Å². The van der Waals surface area contributed by atoms with Crippen molar-refractivity contribution in [2.75, 3.05) is 19.6 Å². The molecule has 4 heteroatoms. The molecule has 1 saturated heterocycles. The Bertz CT molecular complexity index is 504. The molecule has 2 rings (SSSR count). The molecule has 1 aromatic carbocycles. The number of amides is 1. The van der Waals surface area contributed by atoms with Gasteiger partial charge in [-0.15, -0.1) is 0 Å². The molecule has 0 radical (unpaired) electrons. The number of piperidine rings is 1. The Hall–Kier alpha value is -1.86. The van der Waals surface area contributed by atoms with Gasteiger partial charge in [-0.05, 0) is 50.1 Å². The lowest BCUT2D eigenvalue weighted by atomic mass is 10.0. The van der Waals surface area contributed by atoms with Crippen molar-refractivity contribution in [3.05, 3.63) is 35.4 Å². The summed E-state index contributed by atoms with van der Waals surface area (Å²) < 4.78 is 0. The molecule has 1 unspecified atom stereocenters. The van der Waals surface area contributed by atoms with Crippen molar-refractivity contribution < 1.29 is 4.79 Å². The molecule has 1 heterocycles. The molecule has 21 heavy (non-hydrogen) atoms. The second kappa shape index (κ2) is 7.80. The van der Waals surface area contributed by atoms with E-state index < -0.39 is 0 Å². The number of likely N-dealkylation sites (tertiary alicyclic amines) is 1. The lowest BCUT2D eigenvalue weighted by Crippen LogP contribution is -2.43. The smallest absolute Gasteiger partial charge is 0.251 e. The monoisotopic (exact) mass is 285 g/mol. The maximum atomic E-state index is 12.0. The summed E-state index contributed by atoms with van der Waals surface area (Å²) in [6.07, 6.45) is 5.05. The highest BCUT2D eigenvalue weighted by Gasteiger charge is 2.20. The number of rotatable bonds is 5. The number of carbonyl (C=O) groups is 1. The van der Waals surface area contributed by atoms with Crippen molar-refractivity contribution in [3.63, 3.8) is 0 Å². The van der Waals surface area contributed by atoms with Gasteiger partial charge in [0.25, 0.3) is 5.91 Å². The molecule has 1 amide bonds. The van der Waals surface area contributed by atoms with E-state index >= 15 is 0 Å². The number of nitrogens with one attached hydrogen (secondary N) is 1. The van der Waals surface area contributed by atoms with Gasteiger partial charge >= 0.3 is 0 Å². The van der Waals surface area contributed by atoms with Crippen LogP contribution in [-0.4, -0.2) is 36.5 Å². The van der Waals surface area contributed by atoms with Gasteiger partial charge in [0.15, 0.2) is 0 Å². The van der Waals surface area contributed by atoms with Gasteiger partial charge in [-0.3, -0.25) is 9.69 Å². The zero-order valence-electron chi connectivity index (χ0n) is 12.6. The number of hydrogen-bond acceptors (Lipinski definition) is 3. The van der Waals surface area contributed by atoms with E-state index in [1.807, 2.05) is 0 Å². The summed E-state index contributed by atoms with van der Waals surface area (Å²) in [4.78, 5) is 14.5. The summed E-state index contributed by atoms with van der Waals surface area (Å²) in [6.45, 7) is 4.97. The SMILES string of the molecule is CCC1CCCCN1CCNC(=O)c1ccc(C#N)cc1. The van der Waals surface area contributed by atoms with E-state index in [9.17, 15) is 4.79 Å². The average molecular weight is 285 g/mol. The van der Waals surface area contributed by atoms with Crippen LogP contribution in [-0.2, 0) is 0 Å². The van der Waals surface area contributed by atoms with Crippen LogP contribution in [0.3, 0.4) is 0 Å². The molecule has 1 fully saturated rings. The molecule has 1 aromatic rings. The lowest BCUT2D eigenvalue weighted by Gasteiger charge is -2.35. The maximum Gasteiger partial charge on any atom is 0.251 e. The Balaban J connectivity index is 1.79. The Kier molecular flexibility index (Phi) is 5.77. The van der Waals surface area contributed by atoms with Gasteiger partial charge in [-0.2, -0.15) is 5.26 Å². The average Bonchev–Trinajstić information content (AvgIpc) is 2.55.